The van der Waals surface area contributed by atoms with Crippen LogP contribution < -0.4 is 16.4 Å². The molecule has 2 amide bonds. The molecule has 1 fully saturated rings. The minimum atomic E-state index is -5.56. The second-order valence-corrected chi connectivity index (χ2v) is 13.9. The van der Waals surface area contributed by atoms with Gasteiger partial charge in [0.15, 0.2) is 17.7 Å². The lowest BCUT2D eigenvalue weighted by Crippen LogP contribution is -2.48. The van der Waals surface area contributed by atoms with Crippen molar-refractivity contribution in [2.75, 3.05) is 17.7 Å². The Kier molecular flexibility index (Phi) is 9.03. The second-order valence-electron chi connectivity index (χ2n) is 8.02. The van der Waals surface area contributed by atoms with Gasteiger partial charge in [0, 0.05) is 5.69 Å². The largest absolute Gasteiger partial charge is 0.488 e. The minimum absolute atomic E-state index is 0.0406. The summed E-state index contributed by atoms with van der Waals surface area (Å²) in [6.07, 6.45) is -1.88. The standard InChI is InChI=1S/C17H22N7O12P3S/c18-14-12-15(20-7-19-14)24(8-21-12)16-11(23-17(26)22-9-4-2-1-3-5-9)13(25)10(34-16)6-33-37(27,28)35-38(29,30)36-39(31,32)40/h1-5,7-8,10-11,13,16,25H,6H2,(H,27,28)(H,29,30)(H2,18,19,20)(H2,22,23,26)(H2,31,32,40)/t10-,11-,13-,16-/m1/s1. The Balaban J connectivity index is 1.54. The first kappa shape index (κ1) is 30.5. The maximum absolute atomic E-state index is 12.7. The van der Waals surface area contributed by atoms with Crippen LogP contribution in [0.1, 0.15) is 6.23 Å². The fourth-order valence-corrected chi connectivity index (χ4v) is 7.43. The summed E-state index contributed by atoms with van der Waals surface area (Å²) < 4.78 is 43.6. The van der Waals surface area contributed by atoms with Crippen LogP contribution in [0.3, 0.4) is 0 Å². The van der Waals surface area contributed by atoms with E-state index in [9.17, 15) is 28.8 Å². The number of aliphatic hydroxyl groups is 1. The lowest BCUT2D eigenvalue weighted by molar-refractivity contribution is -0.0430. The summed E-state index contributed by atoms with van der Waals surface area (Å²) >= 11 is 4.03. The van der Waals surface area contributed by atoms with Crippen molar-refractivity contribution in [1.82, 2.24) is 24.8 Å². The molecule has 0 bridgehead atoms. The van der Waals surface area contributed by atoms with Crippen molar-refractivity contribution in [3.8, 4) is 0 Å². The zero-order valence-electron chi connectivity index (χ0n) is 19.8. The van der Waals surface area contributed by atoms with Gasteiger partial charge in [-0.2, -0.15) is 4.31 Å². The molecule has 23 heteroatoms. The van der Waals surface area contributed by atoms with E-state index in [0.29, 0.717) is 5.69 Å². The molecule has 0 saturated carbocycles. The van der Waals surface area contributed by atoms with E-state index in [4.69, 9.17) is 20.3 Å². The molecule has 1 aliphatic heterocycles. The first-order valence-corrected chi connectivity index (χ1v) is 16.4. The fourth-order valence-electron chi connectivity index (χ4n) is 3.64. The maximum atomic E-state index is 12.7. The van der Waals surface area contributed by atoms with Crippen molar-refractivity contribution in [2.45, 2.75) is 24.5 Å². The lowest BCUT2D eigenvalue weighted by Gasteiger charge is -2.23. The third kappa shape index (κ3) is 7.65. The zero-order chi connectivity index (χ0) is 29.3. The molecule has 1 saturated heterocycles. The van der Waals surface area contributed by atoms with Crippen LogP contribution >= 0.6 is 22.4 Å². The predicted octanol–water partition coefficient (Wildman–Crippen LogP) is 0.317. The van der Waals surface area contributed by atoms with Gasteiger partial charge in [-0.25, -0.2) is 33.2 Å². The Morgan fingerprint density at radius 3 is 2.48 bits per heavy atom. The van der Waals surface area contributed by atoms with Crippen molar-refractivity contribution >= 4 is 62.9 Å². The number of nitrogen functional groups attached to an aromatic ring is 1. The molecule has 40 heavy (non-hydrogen) atoms. The average Bonchev–Trinajstić information content (AvgIpc) is 3.38. The molecule has 9 N–H and O–H groups in total. The third-order valence-electron chi connectivity index (χ3n) is 5.18. The Morgan fingerprint density at radius 1 is 1.10 bits per heavy atom. The number of phosphoric acid groups is 2. The van der Waals surface area contributed by atoms with Gasteiger partial charge in [-0.1, -0.05) is 18.2 Å². The van der Waals surface area contributed by atoms with Gasteiger partial charge in [0.25, 0.3) is 0 Å². The number of nitrogens with zero attached hydrogens (tertiary/aromatic N) is 4. The number of hydrogen-bond donors (Lipinski definition) is 8. The van der Waals surface area contributed by atoms with Gasteiger partial charge in [0.1, 0.15) is 30.1 Å². The van der Waals surface area contributed by atoms with Crippen LogP contribution in [0.15, 0.2) is 43.0 Å². The molecule has 3 aromatic rings. The molecule has 1 aromatic carbocycles. The summed E-state index contributed by atoms with van der Waals surface area (Å²) in [5.41, 5.74) is 6.62. The molecule has 0 aliphatic carbocycles. The molecule has 218 valence electrons. The number of urea groups is 1. The summed E-state index contributed by atoms with van der Waals surface area (Å²) in [6, 6.07) is 6.35. The van der Waals surface area contributed by atoms with Gasteiger partial charge in [-0.15, -0.1) is 0 Å². The monoisotopic (exact) mass is 641 g/mol. The van der Waals surface area contributed by atoms with Gasteiger partial charge >= 0.3 is 28.4 Å². The second kappa shape index (κ2) is 11.8. The summed E-state index contributed by atoms with van der Waals surface area (Å²) in [4.78, 5) is 62.1. The van der Waals surface area contributed by atoms with Crippen molar-refractivity contribution in [1.29, 1.82) is 0 Å². The summed E-state index contributed by atoms with van der Waals surface area (Å²) in [6.45, 7) is -5.69. The molecule has 1 aliphatic rings. The highest BCUT2D eigenvalue weighted by Crippen LogP contribution is 2.66. The quantitative estimate of drug-likeness (QED) is 0.138. The van der Waals surface area contributed by atoms with Crippen LogP contribution in [-0.2, 0) is 38.8 Å². The maximum Gasteiger partial charge on any atom is 0.488 e. The molecule has 0 radical (unpaired) electrons. The molecular formula is C17H22N7O12P3S. The first-order valence-electron chi connectivity index (χ1n) is 10.8. The molecule has 2 unspecified atom stereocenters. The van der Waals surface area contributed by atoms with Crippen LogP contribution in [0, 0.1) is 0 Å². The van der Waals surface area contributed by atoms with E-state index in [1.165, 1.54) is 10.9 Å². The molecule has 2 aromatic heterocycles. The van der Waals surface area contributed by atoms with Gasteiger partial charge in [0.2, 0.25) is 0 Å². The normalized spacial score (nSPS) is 24.3. The zero-order valence-corrected chi connectivity index (χ0v) is 23.3. The number of aliphatic hydroxyl groups excluding tert-OH is 1. The van der Waals surface area contributed by atoms with Crippen LogP contribution in [0.25, 0.3) is 11.2 Å². The minimum Gasteiger partial charge on any atom is -0.388 e. The van der Waals surface area contributed by atoms with Crippen molar-refractivity contribution in [3.05, 3.63) is 43.0 Å². The predicted molar refractivity (Wildman–Crippen MR) is 139 cm³/mol. The third-order valence-corrected chi connectivity index (χ3v) is 9.58. The summed E-state index contributed by atoms with van der Waals surface area (Å²) in [7, 11) is -11.0. The molecule has 3 heterocycles. The number of phosphoric ester groups is 1. The number of para-hydroxylation sites is 1. The van der Waals surface area contributed by atoms with Crippen LogP contribution in [-0.4, -0.2) is 75.1 Å². The topological polar surface area (TPSA) is 283 Å². The molecule has 19 nitrogen and oxygen atoms in total. The average molecular weight is 641 g/mol. The number of carbonyl (C=O) groups excluding carboxylic acids is 1. The van der Waals surface area contributed by atoms with Gasteiger partial charge in [-0.3, -0.25) is 9.09 Å². The SMILES string of the molecule is Nc1ncnc2c1ncn2[C@@H]1O[C@H](COP(=O)(O)OP(=O)(O)OP(O)(O)=S)[C@@H](O)[C@H]1NC(=O)Nc1ccccc1. The Hall–Kier alpha value is -2.41. The number of nitrogens with one attached hydrogen (secondary N) is 2. The van der Waals surface area contributed by atoms with Gasteiger partial charge in [0.05, 0.1) is 12.9 Å². The van der Waals surface area contributed by atoms with Crippen LogP contribution in [0.2, 0.25) is 0 Å². The van der Waals surface area contributed by atoms with E-state index >= 15 is 0 Å². The Labute approximate surface area is 229 Å². The molecular weight excluding hydrogens is 619 g/mol. The highest BCUT2D eigenvalue weighted by Gasteiger charge is 2.48. The van der Waals surface area contributed by atoms with E-state index in [-0.39, 0.29) is 17.0 Å². The number of benzene rings is 1. The number of rotatable bonds is 10. The summed E-state index contributed by atoms with van der Waals surface area (Å²) in [5.74, 6) is 0.0406. The Morgan fingerprint density at radius 2 is 1.80 bits per heavy atom. The van der Waals surface area contributed by atoms with Crippen molar-refractivity contribution < 1.29 is 56.5 Å². The number of carbonyl (C=O) groups is 1. The number of ether oxygens (including phenoxy) is 1. The highest BCUT2D eigenvalue weighted by molar-refractivity contribution is 8.08. The number of aromatic nitrogens is 4. The molecule has 6 atom stereocenters. The lowest BCUT2D eigenvalue weighted by atomic mass is 10.1. The van der Waals surface area contributed by atoms with Gasteiger partial charge < -0.3 is 45.8 Å². The number of amides is 2. The number of anilines is 2. The van der Waals surface area contributed by atoms with Crippen molar-refractivity contribution in [2.24, 2.45) is 0 Å². The number of nitrogens with two attached hydrogens (primary N) is 1. The highest BCUT2D eigenvalue weighted by atomic mass is 32.5. The van der Waals surface area contributed by atoms with E-state index in [1.807, 2.05) is 0 Å². The van der Waals surface area contributed by atoms with E-state index in [0.717, 1.165) is 6.33 Å². The van der Waals surface area contributed by atoms with E-state index in [2.05, 4.69) is 50.5 Å². The number of imidazole rings is 1. The number of hydrogen-bond acceptors (Lipinski definition) is 13. The van der Waals surface area contributed by atoms with Crippen molar-refractivity contribution in [3.63, 3.8) is 0 Å². The number of fused-ring (bicyclic) bond motifs is 1. The summed E-state index contributed by atoms with van der Waals surface area (Å²) in [5, 5.41) is 16.1. The van der Waals surface area contributed by atoms with Crippen LogP contribution in [0.5, 0.6) is 0 Å². The van der Waals surface area contributed by atoms with Crippen LogP contribution in [0.4, 0.5) is 16.3 Å². The van der Waals surface area contributed by atoms with Gasteiger partial charge in [-0.05, 0) is 23.9 Å². The van der Waals surface area contributed by atoms with E-state index < -0.39 is 59.5 Å². The Bertz CT molecular complexity index is 1520. The first-order chi connectivity index (χ1) is 18.6. The van der Waals surface area contributed by atoms with E-state index in [1.54, 1.807) is 30.3 Å². The molecule has 0 spiro atoms. The molecule has 4 rings (SSSR count). The fraction of sp³-hybridized carbons (Fsp3) is 0.294. The smallest absolute Gasteiger partial charge is 0.388 e.